The maximum absolute atomic E-state index is 11.4. The number of urea groups is 1. The molecule has 1 N–H and O–H groups in total. The van der Waals surface area contributed by atoms with Gasteiger partial charge in [0.1, 0.15) is 0 Å². The molecule has 4 heteroatoms. The fourth-order valence-electron chi connectivity index (χ4n) is 1.47. The van der Waals surface area contributed by atoms with Crippen molar-refractivity contribution in [1.29, 1.82) is 0 Å². The molecule has 0 aliphatic carbocycles. The minimum Gasteiger partial charge on any atom is -0.336 e. The van der Waals surface area contributed by atoms with Crippen LogP contribution in [0, 0.1) is 6.92 Å². The standard InChI is InChI=1S/C10H10ClN2O/c1-7-2-3-9(8(11)6-7)13-5-4-12-10(13)14/h2-3,6H,1,4-5H2,(H,12,14). The molecule has 1 heterocycles. The zero-order valence-electron chi connectivity index (χ0n) is 7.59. The number of nitrogens with one attached hydrogen (secondary N) is 1. The molecule has 0 saturated carbocycles. The lowest BCUT2D eigenvalue weighted by Gasteiger charge is -2.15. The summed E-state index contributed by atoms with van der Waals surface area (Å²) in [6.45, 7) is 5.09. The van der Waals surface area contributed by atoms with E-state index in [0.29, 0.717) is 18.1 Å². The van der Waals surface area contributed by atoms with Crippen LogP contribution in [0.5, 0.6) is 0 Å². The lowest BCUT2D eigenvalue weighted by molar-refractivity contribution is 0.252. The summed E-state index contributed by atoms with van der Waals surface area (Å²) < 4.78 is 0. The molecule has 2 amide bonds. The maximum atomic E-state index is 11.4. The average Bonchev–Trinajstić information content (AvgIpc) is 2.52. The summed E-state index contributed by atoms with van der Waals surface area (Å²) in [5.41, 5.74) is 1.59. The van der Waals surface area contributed by atoms with E-state index in [-0.39, 0.29) is 6.03 Å². The van der Waals surface area contributed by atoms with E-state index in [4.69, 9.17) is 11.6 Å². The number of anilines is 1. The maximum Gasteiger partial charge on any atom is 0.322 e. The van der Waals surface area contributed by atoms with E-state index in [2.05, 4.69) is 12.2 Å². The minimum atomic E-state index is -0.0938. The van der Waals surface area contributed by atoms with Crippen LogP contribution < -0.4 is 10.2 Å². The largest absolute Gasteiger partial charge is 0.336 e. The van der Waals surface area contributed by atoms with Crippen molar-refractivity contribution >= 4 is 23.3 Å². The van der Waals surface area contributed by atoms with Crippen molar-refractivity contribution < 1.29 is 4.79 Å². The Morgan fingerprint density at radius 3 is 2.86 bits per heavy atom. The Morgan fingerprint density at radius 2 is 2.29 bits per heavy atom. The van der Waals surface area contributed by atoms with Gasteiger partial charge in [-0.1, -0.05) is 17.7 Å². The first-order valence-electron chi connectivity index (χ1n) is 4.35. The predicted octanol–water partition coefficient (Wildman–Crippen LogP) is 2.05. The summed E-state index contributed by atoms with van der Waals surface area (Å²) in [6.07, 6.45) is 0. The summed E-state index contributed by atoms with van der Waals surface area (Å²) in [5, 5.41) is 3.29. The van der Waals surface area contributed by atoms with Gasteiger partial charge < -0.3 is 5.32 Å². The van der Waals surface area contributed by atoms with Gasteiger partial charge in [0, 0.05) is 13.1 Å². The molecule has 1 saturated heterocycles. The Labute approximate surface area is 87.7 Å². The number of carbonyl (C=O) groups is 1. The van der Waals surface area contributed by atoms with Gasteiger partial charge in [-0.05, 0) is 24.6 Å². The Kier molecular flexibility index (Phi) is 2.33. The highest BCUT2D eigenvalue weighted by molar-refractivity contribution is 6.33. The Hall–Kier alpha value is -1.22. The number of rotatable bonds is 1. The minimum absolute atomic E-state index is 0.0938. The van der Waals surface area contributed by atoms with E-state index >= 15 is 0 Å². The number of hydrogen-bond acceptors (Lipinski definition) is 1. The summed E-state index contributed by atoms with van der Waals surface area (Å²) in [7, 11) is 0. The van der Waals surface area contributed by atoms with Crippen molar-refractivity contribution in [2.24, 2.45) is 0 Å². The summed E-state index contributed by atoms with van der Waals surface area (Å²) in [6, 6.07) is 5.31. The highest BCUT2D eigenvalue weighted by Crippen LogP contribution is 2.27. The van der Waals surface area contributed by atoms with E-state index in [1.54, 1.807) is 11.0 Å². The Bertz CT molecular complexity index is 378. The van der Waals surface area contributed by atoms with Crippen molar-refractivity contribution in [3.63, 3.8) is 0 Å². The van der Waals surface area contributed by atoms with Crippen LogP contribution in [-0.2, 0) is 0 Å². The molecule has 0 aromatic heterocycles. The molecular formula is C10H10ClN2O. The quantitative estimate of drug-likeness (QED) is 0.755. The molecule has 14 heavy (non-hydrogen) atoms. The Balaban J connectivity index is 2.36. The molecule has 0 atom stereocenters. The van der Waals surface area contributed by atoms with Gasteiger partial charge in [-0.2, -0.15) is 0 Å². The second kappa shape index (κ2) is 3.50. The number of hydrogen-bond donors (Lipinski definition) is 1. The van der Waals surface area contributed by atoms with Crippen LogP contribution in [0.2, 0.25) is 5.02 Å². The second-order valence-electron chi connectivity index (χ2n) is 3.17. The van der Waals surface area contributed by atoms with E-state index in [1.165, 1.54) is 0 Å². The smallest absolute Gasteiger partial charge is 0.322 e. The highest BCUT2D eigenvalue weighted by Gasteiger charge is 2.22. The normalized spacial score (nSPS) is 15.9. The number of carbonyl (C=O) groups excluding carboxylic acids is 1. The van der Waals surface area contributed by atoms with Crippen LogP contribution in [0.15, 0.2) is 18.2 Å². The van der Waals surface area contributed by atoms with Gasteiger partial charge in [0.25, 0.3) is 0 Å². The Morgan fingerprint density at radius 1 is 1.50 bits per heavy atom. The first-order chi connectivity index (χ1) is 6.68. The first-order valence-corrected chi connectivity index (χ1v) is 4.73. The second-order valence-corrected chi connectivity index (χ2v) is 3.58. The molecule has 1 aromatic carbocycles. The third kappa shape index (κ3) is 1.55. The third-order valence-corrected chi connectivity index (χ3v) is 2.46. The van der Waals surface area contributed by atoms with E-state index in [0.717, 1.165) is 11.3 Å². The molecule has 1 fully saturated rings. The molecule has 0 spiro atoms. The van der Waals surface area contributed by atoms with Gasteiger partial charge in [-0.15, -0.1) is 0 Å². The molecule has 0 bridgehead atoms. The fourth-order valence-corrected chi connectivity index (χ4v) is 1.78. The predicted molar refractivity (Wildman–Crippen MR) is 56.7 cm³/mol. The molecule has 3 nitrogen and oxygen atoms in total. The van der Waals surface area contributed by atoms with Gasteiger partial charge >= 0.3 is 6.03 Å². The summed E-state index contributed by atoms with van der Waals surface area (Å²) >= 11 is 6.01. The van der Waals surface area contributed by atoms with Crippen LogP contribution >= 0.6 is 11.6 Å². The van der Waals surface area contributed by atoms with Crippen LogP contribution in [0.1, 0.15) is 5.56 Å². The van der Waals surface area contributed by atoms with Crippen LogP contribution in [0.4, 0.5) is 10.5 Å². The lowest BCUT2D eigenvalue weighted by atomic mass is 10.2. The summed E-state index contributed by atoms with van der Waals surface area (Å²) in [4.78, 5) is 13.0. The number of halogens is 1. The van der Waals surface area contributed by atoms with Gasteiger partial charge in [-0.25, -0.2) is 4.79 Å². The highest BCUT2D eigenvalue weighted by atomic mass is 35.5. The summed E-state index contributed by atoms with van der Waals surface area (Å²) in [5.74, 6) is 0. The van der Waals surface area contributed by atoms with Crippen LogP contribution in [0.25, 0.3) is 0 Å². The topological polar surface area (TPSA) is 32.3 Å². The first kappa shape index (κ1) is 9.34. The van der Waals surface area contributed by atoms with Crippen molar-refractivity contribution in [3.05, 3.63) is 35.7 Å². The van der Waals surface area contributed by atoms with Gasteiger partial charge in [0.15, 0.2) is 0 Å². The zero-order chi connectivity index (χ0) is 10.1. The van der Waals surface area contributed by atoms with Gasteiger partial charge in [0.05, 0.1) is 10.7 Å². The number of nitrogens with zero attached hydrogens (tertiary/aromatic N) is 1. The molecule has 1 aliphatic rings. The zero-order valence-corrected chi connectivity index (χ0v) is 8.34. The third-order valence-electron chi connectivity index (χ3n) is 2.16. The van der Waals surface area contributed by atoms with Crippen molar-refractivity contribution in [2.75, 3.05) is 18.0 Å². The molecule has 1 aliphatic heterocycles. The monoisotopic (exact) mass is 209 g/mol. The van der Waals surface area contributed by atoms with Gasteiger partial charge in [0.2, 0.25) is 0 Å². The average molecular weight is 210 g/mol. The molecule has 0 unspecified atom stereocenters. The number of amides is 2. The molecular weight excluding hydrogens is 200 g/mol. The van der Waals surface area contributed by atoms with Crippen molar-refractivity contribution in [2.45, 2.75) is 0 Å². The van der Waals surface area contributed by atoms with Crippen LogP contribution in [-0.4, -0.2) is 19.1 Å². The molecule has 73 valence electrons. The lowest BCUT2D eigenvalue weighted by Crippen LogP contribution is -2.27. The number of benzene rings is 1. The van der Waals surface area contributed by atoms with E-state index < -0.39 is 0 Å². The van der Waals surface area contributed by atoms with Crippen molar-refractivity contribution in [3.8, 4) is 0 Å². The SMILES string of the molecule is [CH2]c1ccc(N2CCNC2=O)c(Cl)c1. The van der Waals surface area contributed by atoms with E-state index in [9.17, 15) is 4.79 Å². The van der Waals surface area contributed by atoms with Crippen molar-refractivity contribution in [1.82, 2.24) is 5.32 Å². The molecule has 2 rings (SSSR count). The van der Waals surface area contributed by atoms with Crippen LogP contribution in [0.3, 0.4) is 0 Å². The van der Waals surface area contributed by atoms with E-state index in [1.807, 2.05) is 12.1 Å². The molecule has 1 radical (unpaired) electrons. The van der Waals surface area contributed by atoms with Gasteiger partial charge in [-0.3, -0.25) is 4.90 Å². The molecule has 1 aromatic rings. The fraction of sp³-hybridized carbons (Fsp3) is 0.200.